The van der Waals surface area contributed by atoms with E-state index in [1.54, 1.807) is 64.1 Å². The normalized spacial score (nSPS) is 10.0. The summed E-state index contributed by atoms with van der Waals surface area (Å²) >= 11 is 0. The molecule has 0 fully saturated rings. The van der Waals surface area contributed by atoms with Crippen LogP contribution in [0.1, 0.15) is 43.7 Å². The Labute approximate surface area is 681 Å². The molecule has 11 N–H and O–H groups in total. The summed E-state index contributed by atoms with van der Waals surface area (Å²) in [5, 5.41) is 62.1. The molecule has 1 aliphatic carbocycles. The maximum absolute atomic E-state index is 13.3. The van der Waals surface area contributed by atoms with E-state index < -0.39 is 70.0 Å². The fourth-order valence-electron chi connectivity index (χ4n) is 9.12. The van der Waals surface area contributed by atoms with Gasteiger partial charge in [-0.3, -0.25) is 4.79 Å². The molecule has 0 atom stereocenters. The number of aromatic carboxylic acids is 1. The standard InChI is InChI=1S/C52H44N6O13S2.C6H7NO.CH2O3.2CO2.5Na.O3S/c1-25-19-27(3)48(57-51(63)54-31-11-15-34(59)16-12-31)29(5)46(25)53-33-13-17-35-41(22-33)71-42-24-39(44(73(68,69)70)23-38(42)45(35)36-9-7-8-10-43(36)72(65,66)67)56-47-26(2)20-28(4)49(30(47)6)58-52(64)55-32-14-18-40(60)37(21-32)50(61)62;7-5-1-3-6(8)4-2-5;2-1-4-3;2*2-1-3;;;;;;1-4(2)3/h7-12,14-15,17-24,53,59-60H,1-6H3,(H,61,62)(H2,54,57,63)(H2,55,58,64)(H,65,66,67)(H,68,69,70);1-4,8H,7H2;1,3H;;;;;;;;/q-2;;;;;5*+1;/p-3. The number of hydrogen-bond donors (Lipinski definition) is 10. The molecule has 31 nitrogen and oxygen atoms in total. The summed E-state index contributed by atoms with van der Waals surface area (Å²) in [5.74, 6) is -2.14. The molecule has 100 heavy (non-hydrogen) atoms. The Morgan fingerprint density at radius 3 is 1.63 bits per heavy atom. The number of aryl methyl sites for hydroxylation is 4. The second-order valence-corrected chi connectivity index (χ2v) is 22.3. The summed E-state index contributed by atoms with van der Waals surface area (Å²) in [5.41, 5.74) is 11.3. The van der Waals surface area contributed by atoms with Crippen molar-refractivity contribution in [3.8, 4) is 39.7 Å². The van der Waals surface area contributed by atoms with Gasteiger partial charge in [-0.15, -0.1) is 36.9 Å². The summed E-state index contributed by atoms with van der Waals surface area (Å²) < 4.78 is 110. The van der Waals surface area contributed by atoms with Crippen LogP contribution in [0.4, 0.5) is 55.1 Å². The Balaban J connectivity index is 0. The molecular formula is C61H50N7Na5O24S3. The third-order valence-electron chi connectivity index (χ3n) is 12.8. The Morgan fingerprint density at radius 2 is 1.13 bits per heavy atom. The first-order chi connectivity index (χ1) is 44.6. The summed E-state index contributed by atoms with van der Waals surface area (Å²) in [7, 11) is -13.6. The molecule has 0 aromatic heterocycles. The second-order valence-electron chi connectivity index (χ2n) is 19.2. The van der Waals surface area contributed by atoms with E-state index in [1.807, 2.05) is 19.9 Å². The van der Waals surface area contributed by atoms with Gasteiger partial charge in [0.2, 0.25) is 11.0 Å². The number of carboxylic acids is 1. The van der Waals surface area contributed by atoms with Crippen LogP contribution >= 0.6 is 0 Å². The van der Waals surface area contributed by atoms with Gasteiger partial charge in [0.25, 0.3) is 6.47 Å². The minimum absolute atomic E-state index is 0. The van der Waals surface area contributed by atoms with Gasteiger partial charge < -0.3 is 81.2 Å². The number of nitrogens with two attached hydrogens (primary N) is 1. The van der Waals surface area contributed by atoms with E-state index in [4.69, 9.17) is 57.1 Å². The molecule has 1 heterocycles. The zero-order chi connectivity index (χ0) is 71.2. The maximum Gasteiger partial charge on any atom is 1.00 e. The minimum Gasteiger partial charge on any atom is -0.744 e. The number of nitrogen functional groups attached to an aromatic ring is 1. The number of carbonyl (C=O) groups is 4. The molecule has 4 amide bonds. The van der Waals surface area contributed by atoms with Gasteiger partial charge in [-0.25, -0.2) is 31.4 Å². The fraction of sp³-hybridized carbons (Fsp3) is 0.0984. The number of phenols is 3. The van der Waals surface area contributed by atoms with Crippen LogP contribution < -0.4 is 201 Å². The number of carboxylic acid groups (broad SMARTS) is 1. The Hall–Kier alpha value is -7.13. The van der Waals surface area contributed by atoms with E-state index in [2.05, 4.69) is 48.6 Å². The maximum atomic E-state index is 13.3. The molecule has 0 spiro atoms. The molecule has 0 saturated carbocycles. The van der Waals surface area contributed by atoms with Crippen LogP contribution in [0.5, 0.6) is 17.2 Å². The van der Waals surface area contributed by atoms with Crippen molar-refractivity contribution in [2.45, 2.75) is 51.3 Å². The predicted molar refractivity (Wildman–Crippen MR) is 325 cm³/mol. The first kappa shape index (κ1) is 94.9. The van der Waals surface area contributed by atoms with Crippen LogP contribution in [0.3, 0.4) is 0 Å². The second kappa shape index (κ2) is 44.3. The molecule has 39 heteroatoms. The van der Waals surface area contributed by atoms with E-state index in [0.717, 1.165) is 35.4 Å². The number of fused-ring (bicyclic) bond motifs is 2. The van der Waals surface area contributed by atoms with Crippen molar-refractivity contribution in [2.75, 3.05) is 32.3 Å². The van der Waals surface area contributed by atoms with E-state index in [-0.39, 0.29) is 234 Å². The van der Waals surface area contributed by atoms with E-state index in [0.29, 0.717) is 50.7 Å². The van der Waals surface area contributed by atoms with Gasteiger partial charge in [-0.05, 0) is 130 Å². The molecule has 7 aromatic carbocycles. The van der Waals surface area contributed by atoms with Crippen LogP contribution in [0.25, 0.3) is 33.4 Å². The minimum atomic E-state index is -5.36. The molecule has 0 unspecified atom stereocenters. The van der Waals surface area contributed by atoms with Crippen molar-refractivity contribution < 1.29 is 265 Å². The molecule has 9 rings (SSSR count). The average Bonchev–Trinajstić information content (AvgIpc) is 0.734. The SMILES string of the molecule is Cc1cc(C)c(Nc2[c-]cc3c(-c4ccccc4S(=O)(=O)[O-])c4cc(S(=O)(=O)[O-])c(=[NH+]c5c(C)cc(C)c(NC(=O)Nc6ccc(O)c(C(=O)[O-])c6)c5C)cc-4oc3c2)c(C)c1NC(=O)Nc1c[c-]c(O)cc1.Nc1ccc(O)cc1.O=C=O.O=C=O.O=CO[O-].O=S(=O)=O.[Na+].[Na+].[Na+].[Na+].[Na+]. The van der Waals surface area contributed by atoms with Gasteiger partial charge in [0, 0.05) is 50.6 Å². The number of nitrogens with one attached hydrogen (secondary N) is 6. The molecule has 0 radical (unpaired) electrons. The van der Waals surface area contributed by atoms with Gasteiger partial charge in [0.1, 0.15) is 42.4 Å². The van der Waals surface area contributed by atoms with Gasteiger partial charge >= 0.3 is 183 Å². The van der Waals surface area contributed by atoms with Crippen molar-refractivity contribution in [3.05, 3.63) is 178 Å². The van der Waals surface area contributed by atoms with Gasteiger partial charge in [0.15, 0.2) is 0 Å². The van der Waals surface area contributed by atoms with Crippen molar-refractivity contribution >= 4 is 124 Å². The number of carbonyl (C=O) groups excluding carboxylic acids is 8. The van der Waals surface area contributed by atoms with Crippen molar-refractivity contribution in [1.82, 2.24) is 0 Å². The van der Waals surface area contributed by atoms with Crippen LogP contribution in [0, 0.1) is 53.7 Å². The topological polar surface area (TPSA) is 531 Å². The van der Waals surface area contributed by atoms with Crippen molar-refractivity contribution in [3.63, 3.8) is 0 Å². The Kier molecular flexibility index (Phi) is 42.0. The number of amides is 4. The largest absolute Gasteiger partial charge is 1.00 e. The number of rotatable bonds is 12. The molecule has 496 valence electrons. The smallest absolute Gasteiger partial charge is 0.744 e. The number of anilines is 7. The number of benzene rings is 8. The first-order valence-electron chi connectivity index (χ1n) is 26.1. The molecule has 0 bridgehead atoms. The third-order valence-corrected chi connectivity index (χ3v) is 14.6. The van der Waals surface area contributed by atoms with Gasteiger partial charge in [-0.1, -0.05) is 46.6 Å². The van der Waals surface area contributed by atoms with Crippen molar-refractivity contribution in [2.24, 2.45) is 0 Å². The van der Waals surface area contributed by atoms with Crippen molar-refractivity contribution in [1.29, 1.82) is 0 Å². The summed E-state index contributed by atoms with van der Waals surface area (Å²) in [4.78, 5) is 83.2. The zero-order valence-corrected chi connectivity index (χ0v) is 67.3. The zero-order valence-electron chi connectivity index (χ0n) is 54.8. The number of aromatic hydroxyl groups is 3. The predicted octanol–water partition coefficient (Wildman–Crippen LogP) is -11.2. The van der Waals surface area contributed by atoms with E-state index in [9.17, 15) is 55.6 Å². The molecule has 1 aliphatic heterocycles. The number of urea groups is 2. The van der Waals surface area contributed by atoms with Crippen LogP contribution in [-0.4, -0.2) is 90.7 Å². The summed E-state index contributed by atoms with van der Waals surface area (Å²) in [6.45, 7) is 10.3. The van der Waals surface area contributed by atoms with E-state index in [1.165, 1.54) is 54.6 Å². The monoisotopic (exact) mass is 1480 g/mol. The Bertz CT molecular complexity index is 4830. The number of phenolic OH excluding ortho intramolecular Hbond substituents is 2. The quantitative estimate of drug-likeness (QED) is 0.00625. The first-order valence-corrected chi connectivity index (χ1v) is 30.0. The van der Waals surface area contributed by atoms with Gasteiger partial charge in [-0.2, -0.15) is 37.4 Å². The van der Waals surface area contributed by atoms with Crippen LogP contribution in [0.15, 0.2) is 136 Å². The van der Waals surface area contributed by atoms with Crippen LogP contribution in [0.2, 0.25) is 0 Å². The molecule has 7 aromatic rings. The number of hydrogen-bond acceptors (Lipinski definition) is 26. The molecular weight excluding hydrogens is 1430 g/mol. The summed E-state index contributed by atoms with van der Waals surface area (Å²) in [6.07, 6.45) is 0.500. The Morgan fingerprint density at radius 1 is 0.630 bits per heavy atom. The molecule has 0 saturated heterocycles. The third kappa shape index (κ3) is 27.7. The van der Waals surface area contributed by atoms with Gasteiger partial charge in [0.05, 0.1) is 28.3 Å². The molecule has 2 aliphatic rings. The average molecular weight is 1480 g/mol. The van der Waals surface area contributed by atoms with Crippen LogP contribution in [-0.2, 0) is 59.7 Å². The summed E-state index contributed by atoms with van der Waals surface area (Å²) in [6, 6.07) is 32.5. The van der Waals surface area contributed by atoms with E-state index >= 15 is 0 Å². The fourth-order valence-corrected chi connectivity index (χ4v) is 10.4.